The van der Waals surface area contributed by atoms with Crippen LogP contribution in [0.1, 0.15) is 83.4 Å². The average molecular weight is 669 g/mol. The first kappa shape index (κ1) is 37.2. The molecule has 262 valence electrons. The maximum Gasteiger partial charge on any atom is 0.407 e. The summed E-state index contributed by atoms with van der Waals surface area (Å²) >= 11 is 0. The summed E-state index contributed by atoms with van der Waals surface area (Å²) in [6.45, 7) is 12.3. The average Bonchev–Trinajstić information content (AvgIpc) is 3.38. The quantitative estimate of drug-likeness (QED) is 0.142. The number of rotatable bonds is 16. The number of fused-ring (bicyclic) bond motifs is 3. The minimum Gasteiger partial charge on any atom is -0.449 e. The zero-order valence-electron chi connectivity index (χ0n) is 29.6. The second kappa shape index (κ2) is 17.7. The van der Waals surface area contributed by atoms with Gasteiger partial charge in [0.15, 0.2) is 0 Å². The SMILES string of the molecule is CC(C)C[C@H](NC(=O)OCC1c2ccccc2-c2ccccc21)C(=O)N[C@@H](CC(C)C)C(=O)N[C@@H](CC(C)C)C(=O)NCc1ccccc1. The van der Waals surface area contributed by atoms with Crippen molar-refractivity contribution in [1.82, 2.24) is 21.3 Å². The van der Waals surface area contributed by atoms with Gasteiger partial charge in [0.05, 0.1) is 0 Å². The highest BCUT2D eigenvalue weighted by Crippen LogP contribution is 2.44. The predicted octanol–water partition coefficient (Wildman–Crippen LogP) is 6.32. The molecule has 0 aliphatic heterocycles. The van der Waals surface area contributed by atoms with Crippen molar-refractivity contribution in [1.29, 1.82) is 0 Å². The number of carbonyl (C=O) groups excluding carboxylic acids is 4. The van der Waals surface area contributed by atoms with Crippen molar-refractivity contribution < 1.29 is 23.9 Å². The molecule has 4 amide bonds. The molecule has 1 aliphatic carbocycles. The van der Waals surface area contributed by atoms with Crippen LogP contribution >= 0.6 is 0 Å². The Morgan fingerprint density at radius 1 is 0.571 bits per heavy atom. The Balaban J connectivity index is 1.41. The van der Waals surface area contributed by atoms with E-state index in [1.807, 2.05) is 96.1 Å². The monoisotopic (exact) mass is 668 g/mol. The van der Waals surface area contributed by atoms with E-state index in [2.05, 4.69) is 45.5 Å². The van der Waals surface area contributed by atoms with Crippen molar-refractivity contribution in [3.8, 4) is 11.1 Å². The van der Waals surface area contributed by atoms with Crippen LogP contribution < -0.4 is 21.3 Å². The van der Waals surface area contributed by atoms with Crippen molar-refractivity contribution >= 4 is 23.8 Å². The predicted molar refractivity (Wildman–Crippen MR) is 193 cm³/mol. The topological polar surface area (TPSA) is 126 Å². The van der Waals surface area contributed by atoms with Crippen molar-refractivity contribution in [3.05, 3.63) is 95.6 Å². The third kappa shape index (κ3) is 10.7. The maximum atomic E-state index is 13.7. The summed E-state index contributed by atoms with van der Waals surface area (Å²) in [4.78, 5) is 53.8. The highest BCUT2D eigenvalue weighted by Gasteiger charge is 2.32. The van der Waals surface area contributed by atoms with E-state index in [1.165, 1.54) is 0 Å². The van der Waals surface area contributed by atoms with Gasteiger partial charge in [0, 0.05) is 12.5 Å². The Kier molecular flexibility index (Phi) is 13.4. The van der Waals surface area contributed by atoms with E-state index in [4.69, 9.17) is 4.74 Å². The molecule has 0 radical (unpaired) electrons. The van der Waals surface area contributed by atoms with Crippen LogP contribution in [0, 0.1) is 17.8 Å². The van der Waals surface area contributed by atoms with Crippen LogP contribution in [0.25, 0.3) is 11.1 Å². The largest absolute Gasteiger partial charge is 0.449 e. The zero-order valence-corrected chi connectivity index (χ0v) is 29.6. The highest BCUT2D eigenvalue weighted by atomic mass is 16.5. The summed E-state index contributed by atoms with van der Waals surface area (Å²) in [5.41, 5.74) is 5.40. The lowest BCUT2D eigenvalue weighted by Gasteiger charge is -2.27. The van der Waals surface area contributed by atoms with Gasteiger partial charge in [-0.1, -0.05) is 120 Å². The number of hydrogen-bond donors (Lipinski definition) is 4. The van der Waals surface area contributed by atoms with Gasteiger partial charge in [-0.25, -0.2) is 4.79 Å². The van der Waals surface area contributed by atoms with E-state index in [1.54, 1.807) is 0 Å². The molecule has 1 aliphatic rings. The van der Waals surface area contributed by atoms with Crippen LogP contribution in [0.3, 0.4) is 0 Å². The minimum absolute atomic E-state index is 0.0742. The Bertz CT molecular complexity index is 1530. The molecule has 3 atom stereocenters. The number of benzene rings is 3. The highest BCUT2D eigenvalue weighted by molar-refractivity contribution is 5.94. The number of amides is 4. The van der Waals surface area contributed by atoms with Gasteiger partial charge in [0.25, 0.3) is 0 Å². The Morgan fingerprint density at radius 3 is 1.49 bits per heavy atom. The molecule has 4 N–H and O–H groups in total. The number of carbonyl (C=O) groups is 4. The molecular weight excluding hydrogens is 616 g/mol. The van der Waals surface area contributed by atoms with Crippen LogP contribution in [-0.4, -0.2) is 48.5 Å². The van der Waals surface area contributed by atoms with Crippen LogP contribution in [-0.2, 0) is 25.7 Å². The summed E-state index contributed by atoms with van der Waals surface area (Å²) in [6, 6.07) is 23.2. The van der Waals surface area contributed by atoms with Gasteiger partial charge in [-0.3, -0.25) is 14.4 Å². The molecule has 3 aromatic carbocycles. The van der Waals surface area contributed by atoms with Gasteiger partial charge in [-0.05, 0) is 64.8 Å². The number of nitrogens with one attached hydrogen (secondary N) is 4. The van der Waals surface area contributed by atoms with Gasteiger partial charge in [0.2, 0.25) is 17.7 Å². The maximum absolute atomic E-state index is 13.7. The molecule has 9 heteroatoms. The first-order valence-electron chi connectivity index (χ1n) is 17.5. The van der Waals surface area contributed by atoms with E-state index in [0.717, 1.165) is 27.8 Å². The van der Waals surface area contributed by atoms with E-state index < -0.39 is 36.0 Å². The molecule has 4 rings (SSSR count). The van der Waals surface area contributed by atoms with Crippen molar-refractivity contribution in [3.63, 3.8) is 0 Å². The Labute approximate surface area is 291 Å². The third-order valence-corrected chi connectivity index (χ3v) is 8.65. The first-order valence-corrected chi connectivity index (χ1v) is 17.5. The molecule has 49 heavy (non-hydrogen) atoms. The molecule has 0 saturated heterocycles. The van der Waals surface area contributed by atoms with Gasteiger partial charge < -0.3 is 26.0 Å². The van der Waals surface area contributed by atoms with Crippen molar-refractivity contribution in [2.24, 2.45) is 17.8 Å². The Hall–Kier alpha value is -4.66. The summed E-state index contributed by atoms with van der Waals surface area (Å²) in [7, 11) is 0. The molecule has 0 bridgehead atoms. The van der Waals surface area contributed by atoms with Gasteiger partial charge >= 0.3 is 6.09 Å². The minimum atomic E-state index is -0.918. The van der Waals surface area contributed by atoms with Crippen molar-refractivity contribution in [2.75, 3.05) is 6.61 Å². The lowest BCUT2D eigenvalue weighted by molar-refractivity contribution is -0.133. The Morgan fingerprint density at radius 2 is 1.00 bits per heavy atom. The normalized spacial score (nSPS) is 14.1. The van der Waals surface area contributed by atoms with Crippen LogP contribution in [0.15, 0.2) is 78.9 Å². The number of hydrogen-bond acceptors (Lipinski definition) is 5. The number of ether oxygens (including phenoxy) is 1. The van der Waals surface area contributed by atoms with Gasteiger partial charge in [0.1, 0.15) is 24.7 Å². The molecule has 0 unspecified atom stereocenters. The molecule has 3 aromatic rings. The molecule has 0 heterocycles. The second-order valence-corrected chi connectivity index (χ2v) is 14.2. The number of alkyl carbamates (subject to hydrolysis) is 1. The first-order chi connectivity index (χ1) is 23.4. The smallest absolute Gasteiger partial charge is 0.407 e. The summed E-state index contributed by atoms with van der Waals surface area (Å²) in [5, 5.41) is 11.5. The van der Waals surface area contributed by atoms with Crippen molar-refractivity contribution in [2.45, 2.75) is 91.4 Å². The fourth-order valence-electron chi connectivity index (χ4n) is 6.34. The fourth-order valence-corrected chi connectivity index (χ4v) is 6.34. The molecule has 9 nitrogen and oxygen atoms in total. The summed E-state index contributed by atoms with van der Waals surface area (Å²) < 4.78 is 5.74. The molecule has 0 fully saturated rings. The summed E-state index contributed by atoms with van der Waals surface area (Å²) in [5.74, 6) is -1.02. The second-order valence-electron chi connectivity index (χ2n) is 14.2. The van der Waals surface area contributed by atoms with E-state index in [0.29, 0.717) is 25.8 Å². The molecule has 0 aromatic heterocycles. The summed E-state index contributed by atoms with van der Waals surface area (Å²) in [6.07, 6.45) is 0.453. The zero-order chi connectivity index (χ0) is 35.5. The lowest BCUT2D eigenvalue weighted by Crippen LogP contribution is -2.57. The van der Waals surface area contributed by atoms with E-state index in [-0.39, 0.29) is 36.2 Å². The van der Waals surface area contributed by atoms with Gasteiger partial charge in [-0.15, -0.1) is 0 Å². The fraction of sp³-hybridized carbons (Fsp3) is 0.450. The van der Waals surface area contributed by atoms with Crippen LogP contribution in [0.4, 0.5) is 4.79 Å². The lowest BCUT2D eigenvalue weighted by atomic mass is 9.98. The molecule has 0 spiro atoms. The van der Waals surface area contributed by atoms with Crippen LogP contribution in [0.5, 0.6) is 0 Å². The van der Waals surface area contributed by atoms with Crippen LogP contribution in [0.2, 0.25) is 0 Å². The third-order valence-electron chi connectivity index (χ3n) is 8.65. The molecular formula is C40H52N4O5. The standard InChI is InChI=1S/C40H52N4O5/c1-25(2)20-34(37(45)41-23-28-14-8-7-9-15-28)42-38(46)35(21-26(3)4)43-39(47)36(22-27(5)6)44-40(48)49-24-33-31-18-12-10-16-29(31)30-17-11-13-19-32(30)33/h7-19,25-27,33-36H,20-24H2,1-6H3,(H,41,45)(H,42,46)(H,43,47)(H,44,48)/t34-,35-,36-/m0/s1. The van der Waals surface area contributed by atoms with E-state index in [9.17, 15) is 19.2 Å². The molecule has 0 saturated carbocycles. The van der Waals surface area contributed by atoms with Gasteiger partial charge in [-0.2, -0.15) is 0 Å². The van der Waals surface area contributed by atoms with E-state index >= 15 is 0 Å².